The quantitative estimate of drug-likeness (QED) is 0.789. The molecule has 0 bridgehead atoms. The van der Waals surface area contributed by atoms with Crippen LogP contribution < -0.4 is 5.32 Å². The van der Waals surface area contributed by atoms with E-state index in [4.69, 9.17) is 4.74 Å². The minimum atomic E-state index is 0.147. The van der Waals surface area contributed by atoms with Crippen LogP contribution in [0.15, 0.2) is 0 Å². The highest BCUT2D eigenvalue weighted by molar-refractivity contribution is 5.47. The molecule has 1 N–H and O–H groups in total. The van der Waals surface area contributed by atoms with Crippen molar-refractivity contribution in [3.05, 3.63) is 0 Å². The van der Waals surface area contributed by atoms with Crippen LogP contribution in [0.2, 0.25) is 0 Å². The number of hydrogen-bond donors (Lipinski definition) is 1. The number of hydrogen-bond acceptors (Lipinski definition) is 3. The summed E-state index contributed by atoms with van der Waals surface area (Å²) >= 11 is 0. The van der Waals surface area contributed by atoms with Gasteiger partial charge in [-0.2, -0.15) is 0 Å². The van der Waals surface area contributed by atoms with Crippen molar-refractivity contribution in [3.63, 3.8) is 0 Å². The first kappa shape index (κ1) is 17.4. The van der Waals surface area contributed by atoms with E-state index in [1.54, 1.807) is 0 Å². The Balaban J connectivity index is 1.54. The Hall–Kier alpha value is -1.06. The maximum Gasteiger partial charge on any atom is 0.293 e. The molecule has 0 aromatic rings. The fourth-order valence-electron chi connectivity index (χ4n) is 7.78. The lowest BCUT2D eigenvalue weighted by molar-refractivity contribution is -0.149. The molecule has 4 saturated carbocycles. The molecular formula is C21H33NO3. The number of carbonyl (C=O) groups is 2. The van der Waals surface area contributed by atoms with E-state index in [2.05, 4.69) is 19.2 Å². The first-order valence-corrected chi connectivity index (χ1v) is 10.3. The molecule has 4 aliphatic carbocycles. The number of carbonyl (C=O) groups excluding carboxylic acids is 2. The summed E-state index contributed by atoms with van der Waals surface area (Å²) < 4.78 is 5.32. The normalized spacial score (nSPS) is 51.6. The minimum Gasteiger partial charge on any atom is -0.465 e. The van der Waals surface area contributed by atoms with Crippen molar-refractivity contribution in [2.24, 2.45) is 34.5 Å². The van der Waals surface area contributed by atoms with Gasteiger partial charge in [0.2, 0.25) is 6.41 Å². The lowest BCUT2D eigenvalue weighted by atomic mass is 9.45. The fourth-order valence-corrected chi connectivity index (χ4v) is 7.78. The molecule has 0 saturated heterocycles. The standard InChI is InChI=1S/C21H33NO3/c1-20-9-7-15(25-13-24)11-14(20)3-4-16-17-5-6-19(22-12-23)21(17,2)10-8-18(16)20/h12-19H,3-11H2,1-2H3,(H,22,23)/t14-,15-,16-,17+,18+,19-,20-,21-/m0/s1. The van der Waals surface area contributed by atoms with Gasteiger partial charge in [-0.15, -0.1) is 0 Å². The average Bonchev–Trinajstić information content (AvgIpc) is 2.93. The van der Waals surface area contributed by atoms with E-state index in [-0.39, 0.29) is 6.10 Å². The largest absolute Gasteiger partial charge is 0.465 e. The minimum absolute atomic E-state index is 0.147. The van der Waals surface area contributed by atoms with E-state index >= 15 is 0 Å². The molecular weight excluding hydrogens is 314 g/mol. The third kappa shape index (κ3) is 2.54. The summed E-state index contributed by atoms with van der Waals surface area (Å²) in [5.74, 6) is 3.12. The average molecular weight is 347 g/mol. The second-order valence-corrected chi connectivity index (χ2v) is 9.74. The van der Waals surface area contributed by atoms with Gasteiger partial charge in [0, 0.05) is 6.04 Å². The maximum absolute atomic E-state index is 11.0. The smallest absolute Gasteiger partial charge is 0.293 e. The molecule has 4 rings (SSSR count). The lowest BCUT2D eigenvalue weighted by Gasteiger charge is -2.61. The van der Waals surface area contributed by atoms with Crippen molar-refractivity contribution in [2.75, 3.05) is 0 Å². The maximum atomic E-state index is 11.0. The van der Waals surface area contributed by atoms with Gasteiger partial charge in [-0.3, -0.25) is 9.59 Å². The molecule has 0 spiro atoms. The Morgan fingerprint density at radius 3 is 2.44 bits per heavy atom. The van der Waals surface area contributed by atoms with Crippen molar-refractivity contribution >= 4 is 12.9 Å². The Labute approximate surface area is 151 Å². The molecule has 0 unspecified atom stereocenters. The van der Waals surface area contributed by atoms with Gasteiger partial charge < -0.3 is 10.1 Å². The molecule has 8 atom stereocenters. The van der Waals surface area contributed by atoms with E-state index in [9.17, 15) is 9.59 Å². The molecule has 4 heteroatoms. The van der Waals surface area contributed by atoms with Crippen LogP contribution in [0, 0.1) is 34.5 Å². The van der Waals surface area contributed by atoms with Crippen molar-refractivity contribution in [1.29, 1.82) is 0 Å². The highest BCUT2D eigenvalue weighted by atomic mass is 16.5. The molecule has 4 fully saturated rings. The highest BCUT2D eigenvalue weighted by Crippen LogP contribution is 2.66. The monoisotopic (exact) mass is 347 g/mol. The van der Waals surface area contributed by atoms with E-state index in [1.807, 2.05) is 0 Å². The molecule has 140 valence electrons. The molecule has 1 amide bonds. The second kappa shape index (κ2) is 6.28. The zero-order chi connectivity index (χ0) is 17.7. The summed E-state index contributed by atoms with van der Waals surface area (Å²) in [5.41, 5.74) is 0.715. The summed E-state index contributed by atoms with van der Waals surface area (Å²) in [6.07, 6.45) is 12.0. The van der Waals surface area contributed by atoms with E-state index in [0.717, 1.165) is 43.4 Å². The molecule has 0 aromatic heterocycles. The van der Waals surface area contributed by atoms with Gasteiger partial charge in [0.05, 0.1) is 0 Å². The Morgan fingerprint density at radius 1 is 0.920 bits per heavy atom. The molecule has 0 aromatic carbocycles. The van der Waals surface area contributed by atoms with Crippen molar-refractivity contribution in [3.8, 4) is 0 Å². The molecule has 4 nitrogen and oxygen atoms in total. The van der Waals surface area contributed by atoms with E-state index in [0.29, 0.717) is 29.3 Å². The Morgan fingerprint density at radius 2 is 1.68 bits per heavy atom. The van der Waals surface area contributed by atoms with Gasteiger partial charge in [-0.05, 0) is 92.3 Å². The molecule has 25 heavy (non-hydrogen) atoms. The first-order valence-electron chi connectivity index (χ1n) is 10.3. The van der Waals surface area contributed by atoms with Gasteiger partial charge in [-0.25, -0.2) is 0 Å². The second-order valence-electron chi connectivity index (χ2n) is 9.74. The van der Waals surface area contributed by atoms with Gasteiger partial charge in [-0.1, -0.05) is 13.8 Å². The number of amides is 1. The number of fused-ring (bicyclic) bond motifs is 5. The summed E-state index contributed by atoms with van der Waals surface area (Å²) in [7, 11) is 0. The van der Waals surface area contributed by atoms with Gasteiger partial charge in [0.1, 0.15) is 6.10 Å². The SMILES string of the molecule is C[C@]12CC[C@H](OC=O)C[C@@H]1CC[C@@H]1[C@H]2CC[C@]2(C)[C@@H](NC=O)CC[C@H]12. The predicted octanol–water partition coefficient (Wildman–Crippen LogP) is 3.69. The summed E-state index contributed by atoms with van der Waals surface area (Å²) in [6, 6.07) is 0.373. The van der Waals surface area contributed by atoms with Crippen LogP contribution in [0.4, 0.5) is 0 Å². The van der Waals surface area contributed by atoms with Crippen LogP contribution in [-0.4, -0.2) is 25.0 Å². The summed E-state index contributed by atoms with van der Waals surface area (Å²) in [4.78, 5) is 21.8. The summed E-state index contributed by atoms with van der Waals surface area (Å²) in [5, 5.41) is 3.14. The lowest BCUT2D eigenvalue weighted by Crippen LogP contribution is -2.55. The van der Waals surface area contributed by atoms with Crippen LogP contribution in [-0.2, 0) is 14.3 Å². The number of ether oxygens (including phenoxy) is 1. The third-order valence-electron chi connectivity index (χ3n) is 9.13. The van der Waals surface area contributed by atoms with Crippen LogP contribution in [0.25, 0.3) is 0 Å². The van der Waals surface area contributed by atoms with Gasteiger partial charge in [0.15, 0.2) is 0 Å². The zero-order valence-electron chi connectivity index (χ0n) is 15.7. The topological polar surface area (TPSA) is 55.4 Å². The molecule has 0 heterocycles. The van der Waals surface area contributed by atoms with E-state index in [1.165, 1.54) is 38.5 Å². The van der Waals surface area contributed by atoms with Gasteiger partial charge in [0.25, 0.3) is 6.47 Å². The number of rotatable bonds is 4. The Kier molecular flexibility index (Phi) is 4.36. The van der Waals surface area contributed by atoms with Crippen LogP contribution in [0.5, 0.6) is 0 Å². The van der Waals surface area contributed by atoms with Crippen molar-refractivity contribution < 1.29 is 14.3 Å². The van der Waals surface area contributed by atoms with Crippen molar-refractivity contribution in [2.45, 2.75) is 83.8 Å². The summed E-state index contributed by atoms with van der Waals surface area (Å²) in [6.45, 7) is 5.61. The highest BCUT2D eigenvalue weighted by Gasteiger charge is 2.60. The number of nitrogens with one attached hydrogen (secondary N) is 1. The predicted molar refractivity (Wildman–Crippen MR) is 95.7 cm³/mol. The molecule has 0 aliphatic heterocycles. The van der Waals surface area contributed by atoms with Gasteiger partial charge >= 0.3 is 0 Å². The van der Waals surface area contributed by atoms with Crippen LogP contribution in [0.3, 0.4) is 0 Å². The third-order valence-corrected chi connectivity index (χ3v) is 9.13. The van der Waals surface area contributed by atoms with Crippen LogP contribution in [0.1, 0.15) is 71.6 Å². The first-order chi connectivity index (χ1) is 12.0. The van der Waals surface area contributed by atoms with E-state index < -0.39 is 0 Å². The molecule has 0 radical (unpaired) electrons. The Bertz CT molecular complexity index is 537. The zero-order valence-corrected chi connectivity index (χ0v) is 15.7. The van der Waals surface area contributed by atoms with Crippen molar-refractivity contribution in [1.82, 2.24) is 5.32 Å². The van der Waals surface area contributed by atoms with Crippen LogP contribution >= 0.6 is 0 Å². The fraction of sp³-hybridized carbons (Fsp3) is 0.905. The molecule has 4 aliphatic rings.